The third-order valence-corrected chi connectivity index (χ3v) is 9.36. The van der Waals surface area contributed by atoms with Crippen LogP contribution in [0.3, 0.4) is 0 Å². The molecule has 1 atom stereocenters. The van der Waals surface area contributed by atoms with Gasteiger partial charge in [-0.2, -0.15) is 0 Å². The maximum Gasteiger partial charge on any atom is 0.264 e. The van der Waals surface area contributed by atoms with E-state index in [0.29, 0.717) is 10.0 Å². The quantitative estimate of drug-likeness (QED) is 0.159. The van der Waals surface area contributed by atoms with Crippen LogP contribution in [0.25, 0.3) is 0 Å². The lowest BCUT2D eigenvalue weighted by atomic mass is 10.0. The van der Waals surface area contributed by atoms with E-state index >= 15 is 0 Å². The largest absolute Gasteiger partial charge is 0.492 e. The van der Waals surface area contributed by atoms with Crippen LogP contribution in [0.1, 0.15) is 31.9 Å². The molecule has 4 aromatic carbocycles. The zero-order chi connectivity index (χ0) is 33.3. The van der Waals surface area contributed by atoms with Crippen LogP contribution < -0.4 is 14.4 Å². The maximum atomic E-state index is 14.6. The number of halogens is 2. The molecule has 0 aliphatic heterocycles. The number of benzene rings is 4. The minimum absolute atomic E-state index is 0.0287. The molecule has 2 amide bonds. The number of ether oxygens (including phenoxy) is 1. The zero-order valence-electron chi connectivity index (χ0n) is 25.9. The Labute approximate surface area is 280 Å². The van der Waals surface area contributed by atoms with Gasteiger partial charge < -0.3 is 15.0 Å². The maximum absolute atomic E-state index is 14.6. The van der Waals surface area contributed by atoms with Crippen molar-refractivity contribution < 1.29 is 22.7 Å². The zero-order valence-corrected chi connectivity index (χ0v) is 28.2. The number of hydrogen-bond acceptors (Lipinski definition) is 5. The molecule has 0 heterocycles. The van der Waals surface area contributed by atoms with Crippen LogP contribution >= 0.6 is 23.2 Å². The molecule has 0 saturated heterocycles. The van der Waals surface area contributed by atoms with Gasteiger partial charge >= 0.3 is 0 Å². The molecule has 0 radical (unpaired) electrons. The van der Waals surface area contributed by atoms with Gasteiger partial charge in [0.2, 0.25) is 11.8 Å². The van der Waals surface area contributed by atoms with Gasteiger partial charge in [0, 0.05) is 29.1 Å². The third-order valence-electron chi connectivity index (χ3n) is 7.08. The molecule has 11 heteroatoms. The lowest BCUT2D eigenvalue weighted by Gasteiger charge is -2.34. The minimum atomic E-state index is -4.31. The number of anilines is 1. The summed E-state index contributed by atoms with van der Waals surface area (Å²) >= 11 is 12.2. The Kier molecular flexibility index (Phi) is 12.1. The summed E-state index contributed by atoms with van der Waals surface area (Å²) in [6.45, 7) is 5.16. The van der Waals surface area contributed by atoms with Crippen molar-refractivity contribution in [1.29, 1.82) is 0 Å². The Hall–Kier alpha value is -4.05. The van der Waals surface area contributed by atoms with Crippen molar-refractivity contribution in [2.45, 2.75) is 50.7 Å². The van der Waals surface area contributed by atoms with Gasteiger partial charge in [-0.3, -0.25) is 13.9 Å². The molecule has 242 valence electrons. The van der Waals surface area contributed by atoms with Crippen LogP contribution in [0.2, 0.25) is 10.0 Å². The van der Waals surface area contributed by atoms with E-state index in [-0.39, 0.29) is 47.9 Å². The fourth-order valence-corrected chi connectivity index (χ4v) is 6.59. The van der Waals surface area contributed by atoms with Gasteiger partial charge in [-0.05, 0) is 80.4 Å². The number of nitrogens with zero attached hydrogens (tertiary/aromatic N) is 2. The molecule has 0 aromatic heterocycles. The van der Waals surface area contributed by atoms with E-state index in [1.54, 1.807) is 55.5 Å². The number of carbonyl (C=O) groups excluding carboxylic acids is 2. The van der Waals surface area contributed by atoms with E-state index in [0.717, 1.165) is 15.4 Å². The normalized spacial score (nSPS) is 12.0. The summed E-state index contributed by atoms with van der Waals surface area (Å²) in [6, 6.07) is 27.5. The fraction of sp³-hybridized carbons (Fsp3) is 0.257. The molecule has 0 aliphatic carbocycles. The van der Waals surface area contributed by atoms with Crippen LogP contribution in [0.4, 0.5) is 5.69 Å². The third kappa shape index (κ3) is 9.02. The van der Waals surface area contributed by atoms with Crippen molar-refractivity contribution in [2.24, 2.45) is 0 Å². The van der Waals surface area contributed by atoms with Crippen LogP contribution in [-0.2, 0) is 32.6 Å². The standard InChI is InChI=1S/C35H37Cl2N3O5S/c1-4-45-33-13-9-8-12-31(33)40(46(43,44)30-20-18-29(37)19-21-30)24-34(41)39(23-27-14-16-28(36)17-15-27)32(35(42)38-25(2)3)22-26-10-6-5-7-11-26/h5-21,25,32H,4,22-24H2,1-3H3,(H,38,42). The van der Waals surface area contributed by atoms with E-state index in [1.807, 2.05) is 44.2 Å². The average molecular weight is 683 g/mol. The van der Waals surface area contributed by atoms with E-state index in [1.165, 1.54) is 29.2 Å². The van der Waals surface area contributed by atoms with Crippen molar-refractivity contribution >= 4 is 50.7 Å². The number of sulfonamides is 1. The second kappa shape index (κ2) is 16.0. The summed E-state index contributed by atoms with van der Waals surface area (Å²) in [6.07, 6.45) is 0.207. The number of nitrogens with one attached hydrogen (secondary N) is 1. The summed E-state index contributed by atoms with van der Waals surface area (Å²) in [5.41, 5.74) is 1.74. The molecule has 46 heavy (non-hydrogen) atoms. The summed E-state index contributed by atoms with van der Waals surface area (Å²) in [4.78, 5) is 29.8. The van der Waals surface area contributed by atoms with E-state index < -0.39 is 28.5 Å². The molecule has 0 aliphatic rings. The molecule has 0 bridgehead atoms. The molecule has 8 nitrogen and oxygen atoms in total. The number of rotatable bonds is 14. The molecule has 0 fully saturated rings. The number of amides is 2. The van der Waals surface area contributed by atoms with E-state index in [2.05, 4.69) is 5.32 Å². The van der Waals surface area contributed by atoms with Crippen molar-refractivity contribution in [1.82, 2.24) is 10.2 Å². The van der Waals surface area contributed by atoms with Crippen molar-refractivity contribution in [3.63, 3.8) is 0 Å². The highest BCUT2D eigenvalue weighted by Crippen LogP contribution is 2.33. The highest BCUT2D eigenvalue weighted by Gasteiger charge is 2.35. The van der Waals surface area contributed by atoms with Gasteiger partial charge in [0.15, 0.2) is 0 Å². The Morgan fingerprint density at radius 3 is 2.00 bits per heavy atom. The topological polar surface area (TPSA) is 96.0 Å². The van der Waals surface area contributed by atoms with Crippen LogP contribution in [0.5, 0.6) is 5.75 Å². The number of carbonyl (C=O) groups is 2. The number of para-hydroxylation sites is 2. The first-order valence-corrected chi connectivity index (χ1v) is 17.1. The minimum Gasteiger partial charge on any atom is -0.492 e. The molecular formula is C35H37Cl2N3O5S. The SMILES string of the molecule is CCOc1ccccc1N(CC(=O)N(Cc1ccc(Cl)cc1)C(Cc1ccccc1)C(=O)NC(C)C)S(=O)(=O)c1ccc(Cl)cc1. The molecule has 1 unspecified atom stereocenters. The van der Waals surface area contributed by atoms with Crippen molar-refractivity contribution in [2.75, 3.05) is 17.5 Å². The second-order valence-electron chi connectivity index (χ2n) is 10.9. The Balaban J connectivity index is 1.84. The Bertz CT molecular complexity index is 1720. The molecule has 4 rings (SSSR count). The highest BCUT2D eigenvalue weighted by atomic mass is 35.5. The number of hydrogen-bond donors (Lipinski definition) is 1. The Morgan fingerprint density at radius 2 is 1.39 bits per heavy atom. The van der Waals surface area contributed by atoms with Gasteiger partial charge in [0.05, 0.1) is 17.2 Å². The average Bonchev–Trinajstić information content (AvgIpc) is 3.03. The summed E-state index contributed by atoms with van der Waals surface area (Å²) in [7, 11) is -4.31. The first-order valence-electron chi connectivity index (χ1n) is 14.9. The van der Waals surface area contributed by atoms with Crippen molar-refractivity contribution in [3.05, 3.63) is 124 Å². The fourth-order valence-electron chi connectivity index (χ4n) is 4.91. The van der Waals surface area contributed by atoms with E-state index in [9.17, 15) is 18.0 Å². The molecule has 1 N–H and O–H groups in total. The summed E-state index contributed by atoms with van der Waals surface area (Å²) < 4.78 is 35.3. The first-order chi connectivity index (χ1) is 22.0. The first kappa shape index (κ1) is 34.8. The van der Waals surface area contributed by atoms with Crippen LogP contribution in [-0.4, -0.2) is 50.4 Å². The summed E-state index contributed by atoms with van der Waals surface area (Å²) in [5, 5.41) is 3.83. The second-order valence-corrected chi connectivity index (χ2v) is 13.6. The highest BCUT2D eigenvalue weighted by molar-refractivity contribution is 7.92. The van der Waals surface area contributed by atoms with E-state index in [4.69, 9.17) is 27.9 Å². The Morgan fingerprint density at radius 1 is 0.804 bits per heavy atom. The van der Waals surface area contributed by atoms with Gasteiger partial charge in [-0.1, -0.05) is 77.8 Å². The smallest absolute Gasteiger partial charge is 0.264 e. The molecule has 0 spiro atoms. The lowest BCUT2D eigenvalue weighted by Crippen LogP contribution is -2.54. The molecular weight excluding hydrogens is 645 g/mol. The predicted octanol–water partition coefficient (Wildman–Crippen LogP) is 6.75. The van der Waals surface area contributed by atoms with Crippen LogP contribution in [0.15, 0.2) is 108 Å². The van der Waals surface area contributed by atoms with Gasteiger partial charge in [-0.25, -0.2) is 8.42 Å². The van der Waals surface area contributed by atoms with Crippen molar-refractivity contribution in [3.8, 4) is 5.75 Å². The molecule has 4 aromatic rings. The monoisotopic (exact) mass is 681 g/mol. The van der Waals surface area contributed by atoms with Crippen LogP contribution in [0, 0.1) is 0 Å². The lowest BCUT2D eigenvalue weighted by molar-refractivity contribution is -0.140. The van der Waals surface area contributed by atoms with Gasteiger partial charge in [-0.15, -0.1) is 0 Å². The van der Waals surface area contributed by atoms with Gasteiger partial charge in [0.1, 0.15) is 18.3 Å². The predicted molar refractivity (Wildman–Crippen MR) is 183 cm³/mol. The summed E-state index contributed by atoms with van der Waals surface area (Å²) in [5.74, 6) is -0.653. The van der Waals surface area contributed by atoms with Gasteiger partial charge in [0.25, 0.3) is 10.0 Å². The molecule has 0 saturated carbocycles.